The summed E-state index contributed by atoms with van der Waals surface area (Å²) in [6.07, 6.45) is 0. The molecule has 2 aromatic rings. The fourth-order valence-corrected chi connectivity index (χ4v) is 1.65. The number of rotatable bonds is 4. The summed E-state index contributed by atoms with van der Waals surface area (Å²) in [6, 6.07) is 7.75. The molecule has 0 spiro atoms. The fraction of sp³-hybridized carbons (Fsp3) is 0.231. The van der Waals surface area contributed by atoms with Gasteiger partial charge in [-0.1, -0.05) is 18.2 Å². The lowest BCUT2D eigenvalue weighted by Gasteiger charge is -2.05. The van der Waals surface area contributed by atoms with Crippen LogP contribution in [0, 0.1) is 5.82 Å². The smallest absolute Gasteiger partial charge is 0.358 e. The number of nitrogens with zero attached hydrogens (tertiary/aromatic N) is 2. The van der Waals surface area contributed by atoms with Gasteiger partial charge in [0.2, 0.25) is 0 Å². The van der Waals surface area contributed by atoms with Gasteiger partial charge in [0.1, 0.15) is 11.6 Å². The van der Waals surface area contributed by atoms with Crippen molar-refractivity contribution < 1.29 is 13.9 Å². The second kappa shape index (κ2) is 6.91. The van der Waals surface area contributed by atoms with Crippen molar-refractivity contribution >= 4 is 24.2 Å². The van der Waals surface area contributed by atoms with Gasteiger partial charge in [0, 0.05) is 11.6 Å². The van der Waals surface area contributed by atoms with Gasteiger partial charge in [0.15, 0.2) is 5.69 Å². The van der Waals surface area contributed by atoms with E-state index in [1.54, 1.807) is 25.1 Å². The van der Waals surface area contributed by atoms with Crippen LogP contribution in [0.5, 0.6) is 0 Å². The molecule has 1 heterocycles. The number of halogens is 2. The van der Waals surface area contributed by atoms with E-state index in [0.717, 1.165) is 0 Å². The lowest BCUT2D eigenvalue weighted by atomic mass is 10.2. The number of aromatic nitrogens is 2. The van der Waals surface area contributed by atoms with Crippen molar-refractivity contribution in [2.24, 2.45) is 0 Å². The molecule has 0 saturated carbocycles. The molecular weight excluding hydrogens is 285 g/mol. The molecule has 0 radical (unpaired) electrons. The number of ether oxygens (including phenoxy) is 1. The van der Waals surface area contributed by atoms with E-state index in [2.05, 4.69) is 5.10 Å². The summed E-state index contributed by atoms with van der Waals surface area (Å²) >= 11 is 0. The Morgan fingerprint density at radius 1 is 1.45 bits per heavy atom. The van der Waals surface area contributed by atoms with Gasteiger partial charge in [0.05, 0.1) is 13.2 Å². The highest BCUT2D eigenvalue weighted by Crippen LogP contribution is 2.13. The third kappa shape index (κ3) is 3.48. The highest BCUT2D eigenvalue weighted by atomic mass is 35.5. The predicted octanol–water partition coefficient (Wildman–Crippen LogP) is 2.25. The lowest BCUT2D eigenvalue weighted by Crippen LogP contribution is -2.09. The third-order valence-corrected chi connectivity index (χ3v) is 2.57. The Morgan fingerprint density at radius 2 is 2.15 bits per heavy atom. The summed E-state index contributed by atoms with van der Waals surface area (Å²) < 4.78 is 19.7. The number of nitrogens with two attached hydrogens (primary N) is 1. The SMILES string of the molecule is CCOC(=O)c1cc(N)n(Cc2ccccc2F)n1.Cl. The predicted molar refractivity (Wildman–Crippen MR) is 75.3 cm³/mol. The zero-order chi connectivity index (χ0) is 13.8. The molecule has 0 atom stereocenters. The first-order valence-electron chi connectivity index (χ1n) is 5.85. The van der Waals surface area contributed by atoms with Crippen LogP contribution in [-0.2, 0) is 11.3 Å². The Labute approximate surface area is 121 Å². The van der Waals surface area contributed by atoms with Gasteiger partial charge < -0.3 is 10.5 Å². The monoisotopic (exact) mass is 299 g/mol. The number of anilines is 1. The lowest BCUT2D eigenvalue weighted by molar-refractivity contribution is 0.0518. The summed E-state index contributed by atoms with van der Waals surface area (Å²) in [4.78, 5) is 11.5. The molecule has 0 aliphatic rings. The second-order valence-electron chi connectivity index (χ2n) is 3.92. The minimum atomic E-state index is -0.540. The first-order chi connectivity index (χ1) is 9.11. The zero-order valence-electron chi connectivity index (χ0n) is 10.9. The van der Waals surface area contributed by atoms with Crippen LogP contribution in [-0.4, -0.2) is 22.4 Å². The van der Waals surface area contributed by atoms with E-state index in [-0.39, 0.29) is 42.9 Å². The number of benzene rings is 1. The molecule has 1 aromatic heterocycles. The van der Waals surface area contributed by atoms with Crippen LogP contribution in [0.1, 0.15) is 23.0 Å². The van der Waals surface area contributed by atoms with Crippen LogP contribution in [0.2, 0.25) is 0 Å². The molecule has 2 rings (SSSR count). The van der Waals surface area contributed by atoms with Crippen molar-refractivity contribution in [1.29, 1.82) is 0 Å². The van der Waals surface area contributed by atoms with E-state index < -0.39 is 5.97 Å². The number of esters is 1. The van der Waals surface area contributed by atoms with Crippen LogP contribution in [0.25, 0.3) is 0 Å². The maximum absolute atomic E-state index is 13.5. The zero-order valence-corrected chi connectivity index (χ0v) is 11.7. The van der Waals surface area contributed by atoms with Crippen molar-refractivity contribution in [3.8, 4) is 0 Å². The standard InChI is InChI=1S/C13H14FN3O2.ClH/c1-2-19-13(18)11-7-12(15)17(16-11)8-9-5-3-4-6-10(9)14;/h3-7H,2,8,15H2,1H3;1H. The number of hydrogen-bond donors (Lipinski definition) is 1. The second-order valence-corrected chi connectivity index (χ2v) is 3.92. The molecule has 108 valence electrons. The van der Waals surface area contributed by atoms with Crippen molar-refractivity contribution in [1.82, 2.24) is 9.78 Å². The van der Waals surface area contributed by atoms with Crippen molar-refractivity contribution in [3.05, 3.63) is 47.4 Å². The largest absolute Gasteiger partial charge is 0.461 e. The molecule has 7 heteroatoms. The average molecular weight is 300 g/mol. The topological polar surface area (TPSA) is 70.1 Å². The van der Waals surface area contributed by atoms with E-state index in [0.29, 0.717) is 5.56 Å². The molecule has 1 aromatic carbocycles. The van der Waals surface area contributed by atoms with Crippen LogP contribution in [0.15, 0.2) is 30.3 Å². The van der Waals surface area contributed by atoms with Gasteiger partial charge in [-0.25, -0.2) is 13.9 Å². The van der Waals surface area contributed by atoms with Crippen LogP contribution in [0.3, 0.4) is 0 Å². The molecule has 0 saturated heterocycles. The summed E-state index contributed by atoms with van der Waals surface area (Å²) in [6.45, 7) is 2.13. The van der Waals surface area contributed by atoms with Gasteiger partial charge in [-0.3, -0.25) is 0 Å². The van der Waals surface area contributed by atoms with Gasteiger partial charge in [0.25, 0.3) is 0 Å². The maximum Gasteiger partial charge on any atom is 0.358 e. The number of hydrogen-bond acceptors (Lipinski definition) is 4. The first-order valence-corrected chi connectivity index (χ1v) is 5.85. The summed E-state index contributed by atoms with van der Waals surface area (Å²) in [5.74, 6) is -0.595. The Balaban J connectivity index is 0.00000200. The molecule has 0 amide bonds. The van der Waals surface area contributed by atoms with Crippen LogP contribution >= 0.6 is 12.4 Å². The summed E-state index contributed by atoms with van der Waals surface area (Å²) in [5.41, 5.74) is 6.32. The van der Waals surface area contributed by atoms with Crippen molar-refractivity contribution in [2.75, 3.05) is 12.3 Å². The summed E-state index contributed by atoms with van der Waals surface area (Å²) in [7, 11) is 0. The average Bonchev–Trinajstić information content (AvgIpc) is 2.74. The van der Waals surface area contributed by atoms with E-state index in [4.69, 9.17) is 10.5 Å². The minimum Gasteiger partial charge on any atom is -0.461 e. The van der Waals surface area contributed by atoms with Crippen molar-refractivity contribution in [2.45, 2.75) is 13.5 Å². The molecule has 0 aliphatic carbocycles. The Bertz CT molecular complexity index is 601. The number of carbonyl (C=O) groups is 1. The van der Waals surface area contributed by atoms with E-state index in [1.807, 2.05) is 0 Å². The summed E-state index contributed by atoms with van der Waals surface area (Å²) in [5, 5.41) is 4.02. The van der Waals surface area contributed by atoms with Crippen LogP contribution < -0.4 is 5.73 Å². The van der Waals surface area contributed by atoms with E-state index in [1.165, 1.54) is 16.8 Å². The van der Waals surface area contributed by atoms with Gasteiger partial charge >= 0.3 is 5.97 Å². The molecule has 0 fully saturated rings. The highest BCUT2D eigenvalue weighted by molar-refractivity contribution is 5.88. The van der Waals surface area contributed by atoms with Crippen molar-refractivity contribution in [3.63, 3.8) is 0 Å². The van der Waals surface area contributed by atoms with E-state index in [9.17, 15) is 9.18 Å². The maximum atomic E-state index is 13.5. The molecule has 2 N–H and O–H groups in total. The minimum absolute atomic E-state index is 0. The Hall–Kier alpha value is -2.08. The number of nitrogen functional groups attached to an aromatic ring is 1. The molecule has 0 unspecified atom stereocenters. The fourth-order valence-electron chi connectivity index (χ4n) is 1.65. The quantitative estimate of drug-likeness (QED) is 0.879. The molecule has 5 nitrogen and oxygen atoms in total. The molecule has 0 aliphatic heterocycles. The highest BCUT2D eigenvalue weighted by Gasteiger charge is 2.14. The third-order valence-electron chi connectivity index (χ3n) is 2.57. The van der Waals surface area contributed by atoms with Gasteiger partial charge in [-0.15, -0.1) is 12.4 Å². The molecule has 20 heavy (non-hydrogen) atoms. The van der Waals surface area contributed by atoms with E-state index >= 15 is 0 Å². The Morgan fingerprint density at radius 3 is 2.80 bits per heavy atom. The normalized spacial score (nSPS) is 9.90. The molecular formula is C13H15ClFN3O2. The number of carbonyl (C=O) groups excluding carboxylic acids is 1. The first kappa shape index (κ1) is 16.0. The van der Waals surface area contributed by atoms with Gasteiger partial charge in [-0.05, 0) is 13.0 Å². The molecule has 0 bridgehead atoms. The van der Waals surface area contributed by atoms with Gasteiger partial charge in [-0.2, -0.15) is 5.10 Å². The van der Waals surface area contributed by atoms with Crippen LogP contribution in [0.4, 0.5) is 10.2 Å². The Kier molecular flexibility index (Phi) is 5.52.